The number of sulfone groups is 1. The van der Waals surface area contributed by atoms with Crippen LogP contribution in [0.5, 0.6) is 5.75 Å². The van der Waals surface area contributed by atoms with Crippen LogP contribution in [0, 0.1) is 0 Å². The second-order valence-corrected chi connectivity index (χ2v) is 11.4. The van der Waals surface area contributed by atoms with Crippen molar-refractivity contribution in [3.05, 3.63) is 60.2 Å². The molecule has 1 N–H and O–H groups in total. The first-order chi connectivity index (χ1) is 16.9. The number of carbonyl (C=O) groups excluding carboxylic acids is 1. The SMILES string of the molecule is COc1ccc(-c2cc(C(=O)NC[C@H](c3ccco3)N3CCCC3)nn2[C@@H]2CCS(=O)(=O)C2)cc1. The zero-order valence-electron chi connectivity index (χ0n) is 19.7. The third kappa shape index (κ3) is 5.13. The van der Waals surface area contributed by atoms with Crippen LogP contribution in [-0.4, -0.2) is 67.3 Å². The number of carbonyl (C=O) groups is 1. The fraction of sp³-hybridized carbons (Fsp3) is 0.440. The number of methoxy groups -OCH3 is 1. The van der Waals surface area contributed by atoms with Crippen LogP contribution >= 0.6 is 0 Å². The van der Waals surface area contributed by atoms with Gasteiger partial charge in [0.05, 0.1) is 42.7 Å². The van der Waals surface area contributed by atoms with E-state index in [-0.39, 0.29) is 35.2 Å². The van der Waals surface area contributed by atoms with Gasteiger partial charge in [-0.2, -0.15) is 5.10 Å². The van der Waals surface area contributed by atoms with E-state index in [0.29, 0.717) is 24.4 Å². The van der Waals surface area contributed by atoms with Crippen molar-refractivity contribution in [2.45, 2.75) is 31.3 Å². The van der Waals surface area contributed by atoms with Gasteiger partial charge in [-0.25, -0.2) is 8.42 Å². The van der Waals surface area contributed by atoms with Gasteiger partial charge in [-0.1, -0.05) is 0 Å². The summed E-state index contributed by atoms with van der Waals surface area (Å²) < 4.78 is 36.9. The Kier molecular flexibility index (Phi) is 6.66. The summed E-state index contributed by atoms with van der Waals surface area (Å²) in [6.07, 6.45) is 4.39. The minimum Gasteiger partial charge on any atom is -0.497 e. The van der Waals surface area contributed by atoms with Crippen molar-refractivity contribution < 1.29 is 22.4 Å². The van der Waals surface area contributed by atoms with E-state index >= 15 is 0 Å². The van der Waals surface area contributed by atoms with Crippen molar-refractivity contribution in [2.75, 3.05) is 38.2 Å². The molecule has 0 spiro atoms. The van der Waals surface area contributed by atoms with Gasteiger partial charge in [-0.05, 0) is 74.8 Å². The predicted molar refractivity (Wildman–Crippen MR) is 131 cm³/mol. The standard InChI is InChI=1S/C25H30N4O5S/c1-33-20-8-6-18(7-9-20)22-15-21(27-29(22)19-10-14-35(31,32)17-19)25(30)26-16-23(24-5-4-13-34-24)28-11-2-3-12-28/h4-9,13,15,19,23H,2-3,10-12,14,16-17H2,1H3,(H,26,30)/t19-,23-/m1/s1. The summed E-state index contributed by atoms with van der Waals surface area (Å²) in [5.74, 6) is 1.39. The fourth-order valence-electron chi connectivity index (χ4n) is 4.95. The number of rotatable bonds is 8. The lowest BCUT2D eigenvalue weighted by Gasteiger charge is -2.25. The molecule has 35 heavy (non-hydrogen) atoms. The topological polar surface area (TPSA) is 107 Å². The quantitative estimate of drug-likeness (QED) is 0.509. The molecule has 2 saturated heterocycles. The number of hydrogen-bond donors (Lipinski definition) is 1. The Morgan fingerprint density at radius 1 is 1.23 bits per heavy atom. The van der Waals surface area contributed by atoms with Crippen LogP contribution in [0.3, 0.4) is 0 Å². The summed E-state index contributed by atoms with van der Waals surface area (Å²) in [6.45, 7) is 2.33. The number of likely N-dealkylation sites (tertiary alicyclic amines) is 1. The highest BCUT2D eigenvalue weighted by Crippen LogP contribution is 2.31. The van der Waals surface area contributed by atoms with Crippen LogP contribution < -0.4 is 10.1 Å². The average Bonchev–Trinajstić information content (AvgIpc) is 3.66. The van der Waals surface area contributed by atoms with E-state index in [1.165, 1.54) is 0 Å². The molecular weight excluding hydrogens is 468 g/mol. The van der Waals surface area contributed by atoms with Crippen molar-refractivity contribution in [3.63, 3.8) is 0 Å². The Morgan fingerprint density at radius 3 is 2.63 bits per heavy atom. The van der Waals surface area contributed by atoms with E-state index < -0.39 is 9.84 Å². The largest absolute Gasteiger partial charge is 0.497 e. The summed E-state index contributed by atoms with van der Waals surface area (Å²) in [6, 6.07) is 12.6. The first-order valence-corrected chi connectivity index (χ1v) is 13.8. The number of benzene rings is 1. The summed E-state index contributed by atoms with van der Waals surface area (Å²) in [4.78, 5) is 15.5. The molecule has 0 bridgehead atoms. The van der Waals surface area contributed by atoms with Gasteiger partial charge in [-0.15, -0.1) is 0 Å². The Morgan fingerprint density at radius 2 is 2.00 bits per heavy atom. The predicted octanol–water partition coefficient (Wildman–Crippen LogP) is 3.08. The molecule has 0 unspecified atom stereocenters. The first-order valence-electron chi connectivity index (χ1n) is 11.9. The third-order valence-electron chi connectivity index (χ3n) is 6.82. The Hall–Kier alpha value is -3.11. The van der Waals surface area contributed by atoms with E-state index in [0.717, 1.165) is 37.3 Å². The van der Waals surface area contributed by atoms with Gasteiger partial charge >= 0.3 is 0 Å². The second kappa shape index (κ2) is 9.87. The molecule has 1 aromatic carbocycles. The van der Waals surface area contributed by atoms with Crippen LogP contribution in [0.4, 0.5) is 0 Å². The zero-order valence-corrected chi connectivity index (χ0v) is 20.5. The highest BCUT2D eigenvalue weighted by Gasteiger charge is 2.32. The van der Waals surface area contributed by atoms with Gasteiger partial charge in [0.1, 0.15) is 11.5 Å². The fourth-order valence-corrected chi connectivity index (χ4v) is 6.65. The van der Waals surface area contributed by atoms with Gasteiger partial charge < -0.3 is 14.5 Å². The van der Waals surface area contributed by atoms with Gasteiger partial charge in [0.2, 0.25) is 0 Å². The summed E-state index contributed by atoms with van der Waals surface area (Å²) >= 11 is 0. The normalized spacial score (nSPS) is 20.7. The second-order valence-electron chi connectivity index (χ2n) is 9.13. The number of nitrogens with one attached hydrogen (secondary N) is 1. The number of nitrogens with zero attached hydrogens (tertiary/aromatic N) is 3. The lowest BCUT2D eigenvalue weighted by atomic mass is 10.1. The third-order valence-corrected chi connectivity index (χ3v) is 8.57. The molecule has 186 valence electrons. The lowest BCUT2D eigenvalue weighted by Crippen LogP contribution is -2.36. The zero-order chi connectivity index (χ0) is 24.4. The van der Waals surface area contributed by atoms with Gasteiger partial charge in [-0.3, -0.25) is 14.4 Å². The molecule has 9 nitrogen and oxygen atoms in total. The van der Waals surface area contributed by atoms with E-state index in [2.05, 4.69) is 15.3 Å². The molecule has 0 radical (unpaired) electrons. The molecular formula is C25H30N4O5S. The number of hydrogen-bond acceptors (Lipinski definition) is 7. The number of aromatic nitrogens is 2. The van der Waals surface area contributed by atoms with Crippen LogP contribution in [0.15, 0.2) is 53.1 Å². The molecule has 2 fully saturated rings. The van der Waals surface area contributed by atoms with Crippen molar-refractivity contribution in [3.8, 4) is 17.0 Å². The molecule has 1 amide bonds. The van der Waals surface area contributed by atoms with Gasteiger partial charge in [0, 0.05) is 12.1 Å². The molecule has 10 heteroatoms. The number of ether oxygens (including phenoxy) is 1. The lowest BCUT2D eigenvalue weighted by molar-refractivity contribution is 0.0927. The van der Waals surface area contributed by atoms with Crippen LogP contribution in [-0.2, 0) is 9.84 Å². The van der Waals surface area contributed by atoms with Gasteiger partial charge in [0.15, 0.2) is 15.5 Å². The molecule has 4 heterocycles. The maximum atomic E-state index is 13.2. The summed E-state index contributed by atoms with van der Waals surface area (Å²) in [5.41, 5.74) is 1.81. The first kappa shape index (κ1) is 23.6. The highest BCUT2D eigenvalue weighted by molar-refractivity contribution is 7.91. The Balaban J connectivity index is 1.40. The number of furan rings is 1. The molecule has 2 aromatic heterocycles. The van der Waals surface area contributed by atoms with Crippen LogP contribution in [0.1, 0.15) is 47.6 Å². The Labute approximate surface area is 205 Å². The van der Waals surface area contributed by atoms with Crippen LogP contribution in [0.2, 0.25) is 0 Å². The summed E-state index contributed by atoms with van der Waals surface area (Å²) in [5, 5.41) is 7.61. The maximum Gasteiger partial charge on any atom is 0.271 e. The molecule has 0 saturated carbocycles. The monoisotopic (exact) mass is 498 g/mol. The van der Waals surface area contributed by atoms with E-state index in [4.69, 9.17) is 9.15 Å². The van der Waals surface area contributed by atoms with Crippen molar-refractivity contribution in [1.82, 2.24) is 20.0 Å². The maximum absolute atomic E-state index is 13.2. The van der Waals surface area contributed by atoms with Crippen molar-refractivity contribution in [1.29, 1.82) is 0 Å². The molecule has 2 aliphatic rings. The minimum atomic E-state index is -3.12. The smallest absolute Gasteiger partial charge is 0.271 e. The minimum absolute atomic E-state index is 0.0222. The van der Waals surface area contributed by atoms with E-state index in [1.807, 2.05) is 36.4 Å². The molecule has 5 rings (SSSR count). The summed E-state index contributed by atoms with van der Waals surface area (Å²) in [7, 11) is -1.52. The highest BCUT2D eigenvalue weighted by atomic mass is 32.2. The van der Waals surface area contributed by atoms with Crippen molar-refractivity contribution >= 4 is 15.7 Å². The van der Waals surface area contributed by atoms with Gasteiger partial charge in [0.25, 0.3) is 5.91 Å². The molecule has 2 aliphatic heterocycles. The van der Waals surface area contributed by atoms with Crippen LogP contribution in [0.25, 0.3) is 11.3 Å². The molecule has 3 aromatic rings. The van der Waals surface area contributed by atoms with E-state index in [9.17, 15) is 13.2 Å². The Bertz CT molecular complexity index is 1260. The molecule has 0 aliphatic carbocycles. The van der Waals surface area contributed by atoms with E-state index in [1.54, 1.807) is 24.1 Å². The average molecular weight is 499 g/mol. The van der Waals surface area contributed by atoms with Crippen molar-refractivity contribution in [2.24, 2.45) is 0 Å². The molecule has 2 atom stereocenters. The number of amides is 1.